The fourth-order valence-electron chi connectivity index (χ4n) is 1.15. The third kappa shape index (κ3) is 5.00. The van der Waals surface area contributed by atoms with Crippen LogP contribution in [-0.4, -0.2) is 17.4 Å². The maximum atomic E-state index is 11.5. The minimum absolute atomic E-state index is 0.110. The van der Waals surface area contributed by atoms with Gasteiger partial charge in [0.05, 0.1) is 0 Å². The number of ether oxygens (including phenoxy) is 1. The molecular formula is C11H20O3. The highest BCUT2D eigenvalue weighted by Crippen LogP contribution is 2.15. The van der Waals surface area contributed by atoms with E-state index in [2.05, 4.69) is 0 Å². The SMILES string of the molecule is CCCC(C(C)=O)C(=O)OC(C)(C)C. The molecule has 3 nitrogen and oxygen atoms in total. The summed E-state index contributed by atoms with van der Waals surface area (Å²) in [5.41, 5.74) is -0.515. The van der Waals surface area contributed by atoms with Gasteiger partial charge in [-0.05, 0) is 34.1 Å². The predicted molar refractivity (Wildman–Crippen MR) is 54.9 cm³/mol. The second-order valence-corrected chi connectivity index (χ2v) is 4.49. The van der Waals surface area contributed by atoms with Crippen molar-refractivity contribution in [1.29, 1.82) is 0 Å². The van der Waals surface area contributed by atoms with Crippen molar-refractivity contribution in [3.63, 3.8) is 0 Å². The predicted octanol–water partition coefficient (Wildman–Crippen LogP) is 2.33. The van der Waals surface area contributed by atoms with Gasteiger partial charge in [0.15, 0.2) is 0 Å². The number of esters is 1. The van der Waals surface area contributed by atoms with Crippen molar-refractivity contribution in [3.05, 3.63) is 0 Å². The molecule has 0 radical (unpaired) electrons. The van der Waals surface area contributed by atoms with Crippen molar-refractivity contribution >= 4 is 11.8 Å². The van der Waals surface area contributed by atoms with Gasteiger partial charge in [0.25, 0.3) is 0 Å². The molecule has 0 aromatic rings. The van der Waals surface area contributed by atoms with Gasteiger partial charge in [-0.2, -0.15) is 0 Å². The van der Waals surface area contributed by atoms with Gasteiger partial charge in [-0.3, -0.25) is 9.59 Å². The van der Waals surface area contributed by atoms with E-state index in [4.69, 9.17) is 4.74 Å². The van der Waals surface area contributed by atoms with Crippen molar-refractivity contribution in [2.45, 2.75) is 53.1 Å². The minimum atomic E-state index is -0.584. The highest BCUT2D eigenvalue weighted by atomic mass is 16.6. The maximum Gasteiger partial charge on any atom is 0.316 e. The molecule has 14 heavy (non-hydrogen) atoms. The largest absolute Gasteiger partial charge is 0.459 e. The number of hydrogen-bond donors (Lipinski definition) is 0. The van der Waals surface area contributed by atoms with Crippen LogP contribution in [0, 0.1) is 5.92 Å². The van der Waals surface area contributed by atoms with E-state index in [0.29, 0.717) is 6.42 Å². The fourth-order valence-corrected chi connectivity index (χ4v) is 1.15. The Hall–Kier alpha value is -0.860. The summed E-state index contributed by atoms with van der Waals surface area (Å²) >= 11 is 0. The van der Waals surface area contributed by atoms with Crippen LogP contribution < -0.4 is 0 Å². The van der Waals surface area contributed by atoms with Crippen molar-refractivity contribution in [2.75, 3.05) is 0 Å². The Labute approximate surface area is 85.8 Å². The molecule has 0 fully saturated rings. The molecule has 0 spiro atoms. The molecule has 0 rings (SSSR count). The van der Waals surface area contributed by atoms with Crippen molar-refractivity contribution in [3.8, 4) is 0 Å². The zero-order valence-electron chi connectivity index (χ0n) is 9.72. The fraction of sp³-hybridized carbons (Fsp3) is 0.818. The third-order valence-corrected chi connectivity index (χ3v) is 1.76. The van der Waals surface area contributed by atoms with Gasteiger partial charge in [-0.1, -0.05) is 13.3 Å². The number of Topliss-reactive ketones (excluding diaryl/α,β-unsaturated/α-hetero) is 1. The van der Waals surface area contributed by atoms with Crippen LogP contribution in [0.25, 0.3) is 0 Å². The number of carbonyl (C=O) groups excluding carboxylic acids is 2. The van der Waals surface area contributed by atoms with E-state index in [-0.39, 0.29) is 5.78 Å². The minimum Gasteiger partial charge on any atom is -0.459 e. The van der Waals surface area contributed by atoms with E-state index in [0.717, 1.165) is 6.42 Å². The zero-order valence-corrected chi connectivity index (χ0v) is 9.72. The summed E-state index contributed by atoms with van der Waals surface area (Å²) in [6.07, 6.45) is 1.38. The summed E-state index contributed by atoms with van der Waals surface area (Å²) in [5.74, 6) is -1.09. The molecule has 0 aromatic carbocycles. The van der Waals surface area contributed by atoms with Crippen LogP contribution in [-0.2, 0) is 14.3 Å². The van der Waals surface area contributed by atoms with Crippen LogP contribution in [0.1, 0.15) is 47.5 Å². The summed E-state index contributed by atoms with van der Waals surface area (Å²) < 4.78 is 5.15. The number of carbonyl (C=O) groups is 2. The van der Waals surface area contributed by atoms with Gasteiger partial charge in [-0.25, -0.2) is 0 Å². The molecule has 0 saturated carbocycles. The summed E-state index contributed by atoms with van der Waals surface area (Å²) in [7, 11) is 0. The molecule has 0 aromatic heterocycles. The van der Waals surface area contributed by atoms with Crippen LogP contribution in [0.5, 0.6) is 0 Å². The van der Waals surface area contributed by atoms with Gasteiger partial charge in [-0.15, -0.1) is 0 Å². The zero-order chi connectivity index (χ0) is 11.4. The lowest BCUT2D eigenvalue weighted by molar-refractivity contribution is -0.162. The summed E-state index contributed by atoms with van der Waals surface area (Å²) in [4.78, 5) is 22.7. The van der Waals surface area contributed by atoms with E-state index >= 15 is 0 Å². The summed E-state index contributed by atoms with van der Waals surface area (Å²) in [6.45, 7) is 8.78. The van der Waals surface area contributed by atoms with E-state index in [1.165, 1.54) is 6.92 Å². The van der Waals surface area contributed by atoms with Gasteiger partial charge >= 0.3 is 5.97 Å². The van der Waals surface area contributed by atoms with E-state index in [1.807, 2.05) is 6.92 Å². The molecule has 1 atom stereocenters. The molecule has 0 N–H and O–H groups in total. The monoisotopic (exact) mass is 200 g/mol. The highest BCUT2D eigenvalue weighted by molar-refractivity contribution is 5.97. The number of ketones is 1. The van der Waals surface area contributed by atoms with Gasteiger partial charge in [0, 0.05) is 0 Å². The van der Waals surface area contributed by atoms with Crippen molar-refractivity contribution < 1.29 is 14.3 Å². The van der Waals surface area contributed by atoms with Crippen molar-refractivity contribution in [1.82, 2.24) is 0 Å². The van der Waals surface area contributed by atoms with Crippen LogP contribution in [0.4, 0.5) is 0 Å². The molecule has 0 amide bonds. The normalized spacial score (nSPS) is 13.5. The first-order chi connectivity index (χ1) is 6.28. The molecule has 1 unspecified atom stereocenters. The van der Waals surface area contributed by atoms with E-state index in [9.17, 15) is 9.59 Å². The number of rotatable bonds is 4. The number of hydrogen-bond acceptors (Lipinski definition) is 3. The Morgan fingerprint density at radius 3 is 2.07 bits per heavy atom. The lowest BCUT2D eigenvalue weighted by atomic mass is 9.99. The molecule has 0 aliphatic heterocycles. The molecule has 0 saturated heterocycles. The lowest BCUT2D eigenvalue weighted by Gasteiger charge is -2.22. The third-order valence-electron chi connectivity index (χ3n) is 1.76. The van der Waals surface area contributed by atoms with E-state index in [1.54, 1.807) is 20.8 Å². The average molecular weight is 200 g/mol. The van der Waals surface area contributed by atoms with Gasteiger partial charge in [0.2, 0.25) is 0 Å². The van der Waals surface area contributed by atoms with Gasteiger partial charge in [0.1, 0.15) is 17.3 Å². The van der Waals surface area contributed by atoms with Crippen LogP contribution >= 0.6 is 0 Å². The molecule has 0 heterocycles. The molecule has 82 valence electrons. The second kappa shape index (κ2) is 5.13. The Morgan fingerprint density at radius 1 is 1.29 bits per heavy atom. The second-order valence-electron chi connectivity index (χ2n) is 4.49. The topological polar surface area (TPSA) is 43.4 Å². The first-order valence-electron chi connectivity index (χ1n) is 5.01. The molecule has 0 aliphatic carbocycles. The Bertz CT molecular complexity index is 213. The highest BCUT2D eigenvalue weighted by Gasteiger charge is 2.27. The summed E-state index contributed by atoms with van der Waals surface area (Å²) in [6, 6.07) is 0. The average Bonchev–Trinajstić information content (AvgIpc) is 1.95. The molecule has 0 aliphatic rings. The maximum absolute atomic E-state index is 11.5. The Morgan fingerprint density at radius 2 is 1.79 bits per heavy atom. The molecule has 0 bridgehead atoms. The standard InChI is InChI=1S/C11H20O3/c1-6-7-9(8(2)12)10(13)14-11(3,4)5/h9H,6-7H2,1-5H3. The van der Waals surface area contributed by atoms with Crippen molar-refractivity contribution in [2.24, 2.45) is 5.92 Å². The van der Waals surface area contributed by atoms with Gasteiger partial charge < -0.3 is 4.74 Å². The molecule has 3 heteroatoms. The smallest absolute Gasteiger partial charge is 0.316 e. The lowest BCUT2D eigenvalue weighted by Crippen LogP contribution is -2.31. The summed E-state index contributed by atoms with van der Waals surface area (Å²) in [5, 5.41) is 0. The van der Waals surface area contributed by atoms with E-state index < -0.39 is 17.5 Å². The van der Waals surface area contributed by atoms with Crippen LogP contribution in [0.15, 0.2) is 0 Å². The van der Waals surface area contributed by atoms with Crippen LogP contribution in [0.2, 0.25) is 0 Å². The first-order valence-corrected chi connectivity index (χ1v) is 5.01. The molecular weight excluding hydrogens is 180 g/mol. The van der Waals surface area contributed by atoms with Crippen LogP contribution in [0.3, 0.4) is 0 Å². The quantitative estimate of drug-likeness (QED) is 0.516. The Kier molecular flexibility index (Phi) is 4.81. The first kappa shape index (κ1) is 13.1. The Balaban J connectivity index is 4.38.